The molecule has 3 nitrogen and oxygen atoms in total. The van der Waals surface area contributed by atoms with Gasteiger partial charge in [0.15, 0.2) is 0 Å². The maximum atomic E-state index is 11.0. The summed E-state index contributed by atoms with van der Waals surface area (Å²) in [5.74, 6) is 0.239. The molecule has 116 valence electrons. The number of hydrogen-bond donors (Lipinski definition) is 1. The Bertz CT molecular complexity index is 477. The molecule has 3 atom stereocenters. The minimum atomic E-state index is -0.729. The van der Waals surface area contributed by atoms with Gasteiger partial charge in [0.05, 0.1) is 17.8 Å². The fraction of sp³-hybridized carbons (Fsp3) is 0.647. The van der Waals surface area contributed by atoms with Crippen LogP contribution in [0.3, 0.4) is 0 Å². The van der Waals surface area contributed by atoms with Crippen LogP contribution in [0.1, 0.15) is 31.7 Å². The molecule has 0 amide bonds. The van der Waals surface area contributed by atoms with Crippen LogP contribution in [0.4, 0.5) is 0 Å². The number of halogens is 1. The summed E-state index contributed by atoms with van der Waals surface area (Å²) < 4.78 is 11.5. The molecule has 3 unspecified atom stereocenters. The van der Waals surface area contributed by atoms with E-state index in [9.17, 15) is 5.11 Å². The Kier molecular flexibility index (Phi) is 4.28. The van der Waals surface area contributed by atoms with E-state index in [4.69, 9.17) is 21.1 Å². The molecule has 1 aromatic carbocycles. The molecule has 21 heavy (non-hydrogen) atoms. The van der Waals surface area contributed by atoms with Crippen LogP contribution >= 0.6 is 11.6 Å². The summed E-state index contributed by atoms with van der Waals surface area (Å²) in [6.07, 6.45) is 3.38. The van der Waals surface area contributed by atoms with Crippen LogP contribution in [0.15, 0.2) is 24.3 Å². The van der Waals surface area contributed by atoms with E-state index in [1.165, 1.54) is 0 Å². The zero-order chi connectivity index (χ0) is 14.9. The standard InChI is InChI=1S/C17H23ClO3/c1-16(19,10-13-2-4-15(18)5-3-13)14-6-8-21-17(11-14)7-9-20-12-17/h2-5,14,19H,6-12H2,1H3. The molecule has 0 aromatic heterocycles. The van der Waals surface area contributed by atoms with Gasteiger partial charge in [-0.25, -0.2) is 0 Å². The van der Waals surface area contributed by atoms with E-state index < -0.39 is 5.60 Å². The fourth-order valence-electron chi connectivity index (χ4n) is 3.58. The van der Waals surface area contributed by atoms with Crippen LogP contribution in [0, 0.1) is 5.92 Å². The molecule has 2 aliphatic heterocycles. The van der Waals surface area contributed by atoms with Crippen LogP contribution in [0.25, 0.3) is 0 Å². The summed E-state index contributed by atoms with van der Waals surface area (Å²) in [5.41, 5.74) is 0.229. The van der Waals surface area contributed by atoms with Crippen molar-refractivity contribution in [3.05, 3.63) is 34.9 Å². The predicted octanol–water partition coefficient (Wildman–Crippen LogP) is 3.22. The van der Waals surface area contributed by atoms with Crippen LogP contribution in [0.5, 0.6) is 0 Å². The zero-order valence-electron chi connectivity index (χ0n) is 12.5. The average molecular weight is 311 g/mol. The lowest BCUT2D eigenvalue weighted by Gasteiger charge is -2.43. The molecule has 1 N–H and O–H groups in total. The average Bonchev–Trinajstić information content (AvgIpc) is 2.89. The molecule has 0 radical (unpaired) electrons. The molecule has 0 aliphatic carbocycles. The van der Waals surface area contributed by atoms with Crippen molar-refractivity contribution in [1.82, 2.24) is 0 Å². The Morgan fingerprint density at radius 1 is 1.33 bits per heavy atom. The van der Waals surface area contributed by atoms with E-state index in [1.54, 1.807) is 0 Å². The summed E-state index contributed by atoms with van der Waals surface area (Å²) in [4.78, 5) is 0. The van der Waals surface area contributed by atoms with E-state index >= 15 is 0 Å². The molecule has 2 saturated heterocycles. The van der Waals surface area contributed by atoms with Crippen LogP contribution < -0.4 is 0 Å². The highest BCUT2D eigenvalue weighted by Gasteiger charge is 2.46. The van der Waals surface area contributed by atoms with Gasteiger partial charge in [0, 0.05) is 31.1 Å². The molecule has 4 heteroatoms. The van der Waals surface area contributed by atoms with Crippen molar-refractivity contribution in [2.24, 2.45) is 5.92 Å². The smallest absolute Gasteiger partial charge is 0.0940 e. The summed E-state index contributed by atoms with van der Waals surface area (Å²) in [6, 6.07) is 7.74. The number of hydrogen-bond acceptors (Lipinski definition) is 3. The van der Waals surface area contributed by atoms with Crippen molar-refractivity contribution >= 4 is 11.6 Å². The van der Waals surface area contributed by atoms with Crippen molar-refractivity contribution in [2.75, 3.05) is 19.8 Å². The van der Waals surface area contributed by atoms with Gasteiger partial charge < -0.3 is 14.6 Å². The third kappa shape index (κ3) is 3.42. The molecule has 2 aliphatic rings. The molecule has 1 aromatic rings. The Balaban J connectivity index is 1.70. The number of rotatable bonds is 3. The molecule has 0 saturated carbocycles. The minimum Gasteiger partial charge on any atom is -0.390 e. The first-order valence-corrected chi connectivity index (χ1v) is 8.06. The Morgan fingerprint density at radius 2 is 2.10 bits per heavy atom. The third-order valence-electron chi connectivity index (χ3n) is 4.91. The van der Waals surface area contributed by atoms with Crippen molar-refractivity contribution in [3.63, 3.8) is 0 Å². The van der Waals surface area contributed by atoms with Crippen molar-refractivity contribution in [1.29, 1.82) is 0 Å². The van der Waals surface area contributed by atoms with E-state index in [0.29, 0.717) is 19.6 Å². The lowest BCUT2D eigenvalue weighted by molar-refractivity contribution is -0.138. The van der Waals surface area contributed by atoms with Crippen molar-refractivity contribution in [2.45, 2.75) is 43.8 Å². The maximum Gasteiger partial charge on any atom is 0.0940 e. The lowest BCUT2D eigenvalue weighted by atomic mass is 9.74. The monoisotopic (exact) mass is 310 g/mol. The molecule has 1 spiro atoms. The summed E-state index contributed by atoms with van der Waals surface area (Å²) in [5, 5.41) is 11.7. The highest BCUT2D eigenvalue weighted by molar-refractivity contribution is 6.30. The van der Waals surface area contributed by atoms with Crippen molar-refractivity contribution < 1.29 is 14.6 Å². The first-order chi connectivity index (χ1) is 9.99. The van der Waals surface area contributed by atoms with Gasteiger partial charge in [-0.1, -0.05) is 23.7 Å². The highest BCUT2D eigenvalue weighted by Crippen LogP contribution is 2.41. The third-order valence-corrected chi connectivity index (χ3v) is 5.17. The van der Waals surface area contributed by atoms with Crippen LogP contribution in [0.2, 0.25) is 5.02 Å². The topological polar surface area (TPSA) is 38.7 Å². The molecule has 0 bridgehead atoms. The summed E-state index contributed by atoms with van der Waals surface area (Å²) in [7, 11) is 0. The van der Waals surface area contributed by atoms with Crippen molar-refractivity contribution in [3.8, 4) is 0 Å². The Labute approximate surface area is 131 Å². The quantitative estimate of drug-likeness (QED) is 0.931. The Morgan fingerprint density at radius 3 is 2.76 bits per heavy atom. The first-order valence-electron chi connectivity index (χ1n) is 7.68. The van der Waals surface area contributed by atoms with Gasteiger partial charge in [-0.2, -0.15) is 0 Å². The van der Waals surface area contributed by atoms with E-state index in [2.05, 4.69) is 0 Å². The number of benzene rings is 1. The number of aliphatic hydroxyl groups is 1. The van der Waals surface area contributed by atoms with Gasteiger partial charge in [0.25, 0.3) is 0 Å². The SMILES string of the molecule is CC(O)(Cc1ccc(Cl)cc1)C1CCOC2(CCOC2)C1. The molecule has 2 fully saturated rings. The molecular formula is C17H23ClO3. The second kappa shape index (κ2) is 5.88. The minimum absolute atomic E-state index is 0.160. The molecule has 3 rings (SSSR count). The van der Waals surface area contributed by atoms with Gasteiger partial charge in [-0.05, 0) is 43.4 Å². The van der Waals surface area contributed by atoms with Gasteiger partial charge >= 0.3 is 0 Å². The van der Waals surface area contributed by atoms with E-state index in [-0.39, 0.29) is 11.5 Å². The molecular weight excluding hydrogens is 288 g/mol. The first kappa shape index (κ1) is 15.3. The normalized spacial score (nSPS) is 32.2. The van der Waals surface area contributed by atoms with Gasteiger partial charge in [-0.3, -0.25) is 0 Å². The van der Waals surface area contributed by atoms with E-state index in [1.807, 2.05) is 31.2 Å². The van der Waals surface area contributed by atoms with Gasteiger partial charge in [-0.15, -0.1) is 0 Å². The fourth-order valence-corrected chi connectivity index (χ4v) is 3.71. The maximum absolute atomic E-state index is 11.0. The summed E-state index contributed by atoms with van der Waals surface area (Å²) in [6.45, 7) is 4.10. The van der Waals surface area contributed by atoms with Gasteiger partial charge in [0.1, 0.15) is 0 Å². The summed E-state index contributed by atoms with van der Waals surface area (Å²) >= 11 is 5.92. The van der Waals surface area contributed by atoms with Gasteiger partial charge in [0.2, 0.25) is 0 Å². The van der Waals surface area contributed by atoms with Crippen LogP contribution in [-0.4, -0.2) is 36.1 Å². The van der Waals surface area contributed by atoms with E-state index in [0.717, 1.165) is 36.5 Å². The second-order valence-corrected chi connectivity index (χ2v) is 7.12. The molecule has 2 heterocycles. The lowest BCUT2D eigenvalue weighted by Crippen LogP contribution is -2.48. The predicted molar refractivity (Wildman–Crippen MR) is 82.6 cm³/mol. The number of ether oxygens (including phenoxy) is 2. The zero-order valence-corrected chi connectivity index (χ0v) is 13.2. The Hall–Kier alpha value is -0.610. The highest BCUT2D eigenvalue weighted by atomic mass is 35.5. The van der Waals surface area contributed by atoms with Crippen LogP contribution in [-0.2, 0) is 15.9 Å². The largest absolute Gasteiger partial charge is 0.390 e. The second-order valence-electron chi connectivity index (χ2n) is 6.68.